The molecule has 1 atom stereocenters. The summed E-state index contributed by atoms with van der Waals surface area (Å²) in [6.45, 7) is 1.87. The van der Waals surface area contributed by atoms with E-state index in [1.54, 1.807) is 18.2 Å². The molecule has 0 radical (unpaired) electrons. The minimum Gasteiger partial charge on any atom is -0.507 e. The number of benzene rings is 3. The number of aromatic hydroxyl groups is 1. The molecule has 1 amide bonds. The number of hydrogen-bond acceptors (Lipinski definition) is 9. The summed E-state index contributed by atoms with van der Waals surface area (Å²) in [5.74, 6) is -2.09. The quantitative estimate of drug-likeness (QED) is 0.142. The van der Waals surface area contributed by atoms with Crippen LogP contribution in [0.25, 0.3) is 0 Å². The van der Waals surface area contributed by atoms with E-state index in [0.717, 1.165) is 0 Å². The Bertz CT molecular complexity index is 1660. The number of ether oxygens (including phenoxy) is 1. The molecule has 0 heterocycles. The van der Waals surface area contributed by atoms with Gasteiger partial charge >= 0.3 is 0 Å². The second kappa shape index (κ2) is 11.9. The van der Waals surface area contributed by atoms with E-state index in [2.05, 4.69) is 5.32 Å². The first-order valence-electron chi connectivity index (χ1n) is 13.9. The van der Waals surface area contributed by atoms with Gasteiger partial charge < -0.3 is 20.3 Å². The average molecular weight is 587 g/mol. The van der Waals surface area contributed by atoms with Crippen LogP contribution < -0.4 is 5.32 Å². The maximum Gasteiger partial charge on any atom is 0.269 e. The lowest BCUT2D eigenvalue weighted by atomic mass is 9.71. The standard InChI is InChI=1S/C32H30N2O9/c1-18(35)32(40)13-12-21-24(16-32)30(38)27-26(28(36)22-6-2-3-7-23(22)29(27)37)25(21)17-43-15-5-4-14-33-31(39)19-8-10-20(11-9-19)34(41)42/h2-3,6-11,38,40H,4-5,12-17H2,1H3,(H,33,39)/t32-/m1/s1. The van der Waals surface area contributed by atoms with Crippen LogP contribution in [-0.2, 0) is 29.0 Å². The fourth-order valence-electron chi connectivity index (χ4n) is 5.72. The van der Waals surface area contributed by atoms with Gasteiger partial charge in [0.15, 0.2) is 17.3 Å². The van der Waals surface area contributed by atoms with Crippen molar-refractivity contribution in [1.82, 2.24) is 5.32 Å². The van der Waals surface area contributed by atoms with E-state index in [-0.39, 0.29) is 77.6 Å². The van der Waals surface area contributed by atoms with Crippen LogP contribution in [0.1, 0.15) is 85.1 Å². The smallest absolute Gasteiger partial charge is 0.269 e. The van der Waals surface area contributed by atoms with E-state index in [4.69, 9.17) is 4.74 Å². The van der Waals surface area contributed by atoms with Crippen molar-refractivity contribution in [3.8, 4) is 5.75 Å². The highest BCUT2D eigenvalue weighted by Crippen LogP contribution is 2.44. The number of carbonyl (C=O) groups excluding carboxylic acids is 4. The molecule has 2 aliphatic rings. The summed E-state index contributed by atoms with van der Waals surface area (Å²) in [5.41, 5.74) is 0.217. The Hall–Kier alpha value is -4.74. The number of hydrogen-bond donors (Lipinski definition) is 3. The Labute approximate surface area is 246 Å². The fourth-order valence-corrected chi connectivity index (χ4v) is 5.72. The third-order valence-corrected chi connectivity index (χ3v) is 8.17. The molecule has 0 unspecified atom stereocenters. The summed E-state index contributed by atoms with van der Waals surface area (Å²) in [4.78, 5) is 61.9. The van der Waals surface area contributed by atoms with Crippen LogP contribution in [0.5, 0.6) is 5.75 Å². The zero-order valence-electron chi connectivity index (χ0n) is 23.5. The maximum absolute atomic E-state index is 13.7. The number of nitro groups is 1. The van der Waals surface area contributed by atoms with Crippen LogP contribution in [0.3, 0.4) is 0 Å². The van der Waals surface area contributed by atoms with Crippen molar-refractivity contribution in [1.29, 1.82) is 0 Å². The van der Waals surface area contributed by atoms with Crippen LogP contribution in [-0.4, -0.2) is 57.1 Å². The zero-order chi connectivity index (χ0) is 30.9. The van der Waals surface area contributed by atoms with Crippen molar-refractivity contribution in [3.05, 3.63) is 103 Å². The Kier molecular flexibility index (Phi) is 8.21. The van der Waals surface area contributed by atoms with E-state index >= 15 is 0 Å². The highest BCUT2D eigenvalue weighted by molar-refractivity contribution is 6.30. The molecule has 3 aromatic carbocycles. The van der Waals surface area contributed by atoms with Crippen molar-refractivity contribution in [2.45, 2.75) is 51.2 Å². The Morgan fingerprint density at radius 1 is 1.00 bits per heavy atom. The number of phenolic OH excluding ortho intramolecular Hbond substituents is 1. The largest absolute Gasteiger partial charge is 0.507 e. The van der Waals surface area contributed by atoms with Gasteiger partial charge in [0.05, 0.1) is 17.1 Å². The van der Waals surface area contributed by atoms with Crippen LogP contribution in [0.2, 0.25) is 0 Å². The van der Waals surface area contributed by atoms with Gasteiger partial charge in [-0.25, -0.2) is 0 Å². The molecule has 5 rings (SSSR count). The Morgan fingerprint density at radius 2 is 1.65 bits per heavy atom. The average Bonchev–Trinajstić information content (AvgIpc) is 3.00. The predicted octanol–water partition coefficient (Wildman–Crippen LogP) is 3.61. The fraction of sp³-hybridized carbons (Fsp3) is 0.312. The van der Waals surface area contributed by atoms with E-state index < -0.39 is 27.9 Å². The number of phenols is 1. The predicted molar refractivity (Wildman–Crippen MR) is 153 cm³/mol. The van der Waals surface area contributed by atoms with E-state index in [0.29, 0.717) is 36.1 Å². The van der Waals surface area contributed by atoms with Gasteiger partial charge in [-0.3, -0.25) is 29.3 Å². The first-order chi connectivity index (χ1) is 20.5. The number of rotatable bonds is 10. The van der Waals surface area contributed by atoms with E-state index in [1.165, 1.54) is 37.3 Å². The van der Waals surface area contributed by atoms with Gasteiger partial charge in [0, 0.05) is 59.5 Å². The summed E-state index contributed by atoms with van der Waals surface area (Å²) in [5, 5.41) is 35.7. The molecule has 2 aliphatic carbocycles. The highest BCUT2D eigenvalue weighted by Gasteiger charge is 2.43. The van der Waals surface area contributed by atoms with Gasteiger partial charge in [0.25, 0.3) is 11.6 Å². The monoisotopic (exact) mass is 586 g/mol. The molecular formula is C32H30N2O9. The number of nitro benzene ring substituents is 1. The number of unbranched alkanes of at least 4 members (excludes halogenated alkanes) is 1. The van der Waals surface area contributed by atoms with Crippen molar-refractivity contribution >= 4 is 28.9 Å². The number of non-ortho nitro benzene ring substituents is 1. The normalized spacial score (nSPS) is 17.1. The number of carbonyl (C=O) groups is 4. The molecule has 0 saturated heterocycles. The molecule has 0 saturated carbocycles. The number of fused-ring (bicyclic) bond motifs is 3. The SMILES string of the molecule is CC(=O)[C@@]1(O)CCc2c(c(O)c3c(c2COCCCCNC(=O)c2ccc([N+](=O)[O-])cc2)C(=O)c2ccccc2C3=O)C1. The summed E-state index contributed by atoms with van der Waals surface area (Å²) < 4.78 is 5.94. The molecular weight excluding hydrogens is 556 g/mol. The number of nitrogens with one attached hydrogen (secondary N) is 1. The topological polar surface area (TPSA) is 173 Å². The summed E-state index contributed by atoms with van der Waals surface area (Å²) in [7, 11) is 0. The number of aliphatic hydroxyl groups is 1. The molecule has 0 aromatic heterocycles. The van der Waals surface area contributed by atoms with Gasteiger partial charge in [-0.2, -0.15) is 0 Å². The Balaban J connectivity index is 1.30. The van der Waals surface area contributed by atoms with Crippen molar-refractivity contribution in [2.24, 2.45) is 0 Å². The molecule has 222 valence electrons. The van der Waals surface area contributed by atoms with Crippen LogP contribution in [0, 0.1) is 10.1 Å². The maximum atomic E-state index is 13.7. The summed E-state index contributed by atoms with van der Waals surface area (Å²) in [6, 6.07) is 11.7. The van der Waals surface area contributed by atoms with Crippen LogP contribution in [0.15, 0.2) is 48.5 Å². The lowest BCUT2D eigenvalue weighted by Gasteiger charge is -2.35. The highest BCUT2D eigenvalue weighted by atomic mass is 16.6. The minimum atomic E-state index is -1.69. The van der Waals surface area contributed by atoms with E-state index in [9.17, 15) is 39.5 Å². The van der Waals surface area contributed by atoms with E-state index in [1.807, 2.05) is 0 Å². The minimum absolute atomic E-state index is 0.0280. The molecule has 43 heavy (non-hydrogen) atoms. The van der Waals surface area contributed by atoms with Crippen molar-refractivity contribution in [2.75, 3.05) is 13.2 Å². The van der Waals surface area contributed by atoms with Crippen molar-refractivity contribution < 1.29 is 39.1 Å². The number of amides is 1. The molecule has 0 aliphatic heterocycles. The summed E-state index contributed by atoms with van der Waals surface area (Å²) in [6.07, 6.45) is 1.27. The van der Waals surface area contributed by atoms with Gasteiger partial charge in [0.2, 0.25) is 0 Å². The van der Waals surface area contributed by atoms with Gasteiger partial charge in [-0.1, -0.05) is 24.3 Å². The second-order valence-corrected chi connectivity index (χ2v) is 10.8. The lowest BCUT2D eigenvalue weighted by molar-refractivity contribution is -0.384. The van der Waals surface area contributed by atoms with Crippen LogP contribution in [0.4, 0.5) is 5.69 Å². The molecule has 3 N–H and O–H groups in total. The third kappa shape index (κ3) is 5.56. The number of Topliss-reactive ketones (excluding diaryl/α,β-unsaturated/α-hetero) is 1. The zero-order valence-corrected chi connectivity index (χ0v) is 23.5. The molecule has 0 bridgehead atoms. The summed E-state index contributed by atoms with van der Waals surface area (Å²) >= 11 is 0. The Morgan fingerprint density at radius 3 is 2.28 bits per heavy atom. The van der Waals surface area contributed by atoms with Crippen molar-refractivity contribution in [3.63, 3.8) is 0 Å². The molecule has 0 spiro atoms. The van der Waals surface area contributed by atoms with Gasteiger partial charge in [-0.15, -0.1) is 0 Å². The first-order valence-corrected chi connectivity index (χ1v) is 13.9. The van der Waals surface area contributed by atoms with Crippen LogP contribution >= 0.6 is 0 Å². The third-order valence-electron chi connectivity index (χ3n) is 8.17. The second-order valence-electron chi connectivity index (χ2n) is 10.8. The molecule has 11 nitrogen and oxygen atoms in total. The van der Waals surface area contributed by atoms with Gasteiger partial charge in [-0.05, 0) is 55.9 Å². The number of nitrogens with zero attached hydrogens (tertiary/aromatic N) is 1. The molecule has 0 fully saturated rings. The first kappa shape index (κ1) is 29.7. The van der Waals surface area contributed by atoms with Gasteiger partial charge in [0.1, 0.15) is 11.4 Å². The lowest BCUT2D eigenvalue weighted by Crippen LogP contribution is -2.43. The number of ketones is 3. The molecule has 3 aromatic rings. The molecule has 11 heteroatoms.